The summed E-state index contributed by atoms with van der Waals surface area (Å²) in [6.07, 6.45) is 1.74. The van der Waals surface area contributed by atoms with E-state index in [0.717, 1.165) is 25.9 Å². The zero-order valence-electron chi connectivity index (χ0n) is 9.76. The minimum Gasteiger partial charge on any atom is -0.368 e. The number of primary amides is 1. The van der Waals surface area contributed by atoms with Gasteiger partial charge in [-0.3, -0.25) is 4.79 Å². The summed E-state index contributed by atoms with van der Waals surface area (Å²) in [6.45, 7) is 5.61. The molecule has 0 aromatic rings. The van der Waals surface area contributed by atoms with Crippen molar-refractivity contribution in [1.82, 2.24) is 10.2 Å². The zero-order valence-corrected chi connectivity index (χ0v) is 9.76. The van der Waals surface area contributed by atoms with Crippen LogP contribution in [-0.4, -0.2) is 43.5 Å². The lowest BCUT2D eigenvalue weighted by molar-refractivity contribution is -0.124. The fourth-order valence-electron chi connectivity index (χ4n) is 1.35. The second-order valence-corrected chi connectivity index (χ2v) is 4.18. The van der Waals surface area contributed by atoms with Gasteiger partial charge in [-0.15, -0.1) is 0 Å². The van der Waals surface area contributed by atoms with Gasteiger partial charge in [-0.2, -0.15) is 0 Å². The molecular weight excluding hydrogens is 178 g/mol. The Morgan fingerprint density at radius 3 is 2.43 bits per heavy atom. The SMILES string of the molecule is CCCC(C)(NCCN(C)C)C(N)=O. The Morgan fingerprint density at radius 2 is 2.07 bits per heavy atom. The number of rotatable bonds is 7. The number of hydrogen-bond donors (Lipinski definition) is 2. The molecule has 0 aliphatic rings. The van der Waals surface area contributed by atoms with E-state index in [9.17, 15) is 4.79 Å². The fraction of sp³-hybridized carbons (Fsp3) is 0.900. The van der Waals surface area contributed by atoms with E-state index in [0.29, 0.717) is 0 Å². The van der Waals surface area contributed by atoms with E-state index in [1.807, 2.05) is 21.0 Å². The molecular formula is C10H23N3O. The first-order valence-electron chi connectivity index (χ1n) is 5.12. The molecule has 4 heteroatoms. The van der Waals surface area contributed by atoms with Crippen LogP contribution in [0, 0.1) is 0 Å². The Hall–Kier alpha value is -0.610. The normalized spacial score (nSPS) is 15.5. The molecule has 0 rings (SSSR count). The van der Waals surface area contributed by atoms with Gasteiger partial charge < -0.3 is 16.0 Å². The van der Waals surface area contributed by atoms with Gasteiger partial charge in [0.05, 0.1) is 5.54 Å². The molecule has 14 heavy (non-hydrogen) atoms. The van der Waals surface area contributed by atoms with Crippen LogP contribution < -0.4 is 11.1 Å². The maximum atomic E-state index is 11.2. The molecule has 0 fully saturated rings. The first-order valence-corrected chi connectivity index (χ1v) is 5.12. The number of nitrogens with zero attached hydrogens (tertiary/aromatic N) is 1. The highest BCUT2D eigenvalue weighted by Crippen LogP contribution is 2.10. The molecule has 0 aliphatic heterocycles. The maximum absolute atomic E-state index is 11.2. The molecule has 0 saturated heterocycles. The summed E-state index contributed by atoms with van der Waals surface area (Å²) in [5.74, 6) is -0.266. The van der Waals surface area contributed by atoms with Gasteiger partial charge in [0, 0.05) is 13.1 Å². The van der Waals surface area contributed by atoms with Crippen LogP contribution in [0.15, 0.2) is 0 Å². The van der Waals surface area contributed by atoms with Gasteiger partial charge in [-0.05, 0) is 27.4 Å². The van der Waals surface area contributed by atoms with E-state index < -0.39 is 5.54 Å². The largest absolute Gasteiger partial charge is 0.368 e. The highest BCUT2D eigenvalue weighted by Gasteiger charge is 2.28. The minimum absolute atomic E-state index is 0.266. The molecule has 0 bridgehead atoms. The number of nitrogens with one attached hydrogen (secondary N) is 1. The Balaban J connectivity index is 4.03. The average molecular weight is 201 g/mol. The van der Waals surface area contributed by atoms with Gasteiger partial charge >= 0.3 is 0 Å². The predicted molar refractivity (Wildman–Crippen MR) is 59.1 cm³/mol. The molecule has 0 radical (unpaired) electrons. The summed E-state index contributed by atoms with van der Waals surface area (Å²) in [6, 6.07) is 0. The first-order chi connectivity index (χ1) is 6.42. The average Bonchev–Trinajstić information content (AvgIpc) is 2.03. The zero-order chi connectivity index (χ0) is 11.2. The fourth-order valence-corrected chi connectivity index (χ4v) is 1.35. The quantitative estimate of drug-likeness (QED) is 0.618. The number of amides is 1. The van der Waals surface area contributed by atoms with Crippen molar-refractivity contribution in [1.29, 1.82) is 0 Å². The second-order valence-electron chi connectivity index (χ2n) is 4.18. The molecule has 1 unspecified atom stereocenters. The second kappa shape index (κ2) is 5.98. The first kappa shape index (κ1) is 13.4. The highest BCUT2D eigenvalue weighted by atomic mass is 16.1. The summed E-state index contributed by atoms with van der Waals surface area (Å²) in [7, 11) is 4.01. The summed E-state index contributed by atoms with van der Waals surface area (Å²) in [4.78, 5) is 13.3. The van der Waals surface area contributed by atoms with Crippen LogP contribution in [0.2, 0.25) is 0 Å². The van der Waals surface area contributed by atoms with Crippen LogP contribution in [0.25, 0.3) is 0 Å². The van der Waals surface area contributed by atoms with Crippen molar-refractivity contribution in [3.8, 4) is 0 Å². The molecule has 0 aromatic heterocycles. The molecule has 1 amide bonds. The topological polar surface area (TPSA) is 58.4 Å². The summed E-state index contributed by atoms with van der Waals surface area (Å²) in [5, 5.41) is 3.21. The molecule has 0 heterocycles. The lowest BCUT2D eigenvalue weighted by Gasteiger charge is -2.27. The van der Waals surface area contributed by atoms with Crippen LogP contribution in [0.3, 0.4) is 0 Å². The Kier molecular flexibility index (Phi) is 5.72. The van der Waals surface area contributed by atoms with E-state index in [1.165, 1.54) is 0 Å². The monoisotopic (exact) mass is 201 g/mol. The van der Waals surface area contributed by atoms with Gasteiger partial charge in [0.25, 0.3) is 0 Å². The van der Waals surface area contributed by atoms with Gasteiger partial charge in [0.2, 0.25) is 5.91 Å². The lowest BCUT2D eigenvalue weighted by atomic mass is 9.95. The lowest BCUT2D eigenvalue weighted by Crippen LogP contribution is -2.54. The van der Waals surface area contributed by atoms with Crippen molar-refractivity contribution in [2.45, 2.75) is 32.2 Å². The Bertz CT molecular complexity index is 182. The Morgan fingerprint density at radius 1 is 1.50 bits per heavy atom. The van der Waals surface area contributed by atoms with E-state index in [2.05, 4.69) is 17.1 Å². The van der Waals surface area contributed by atoms with E-state index in [1.54, 1.807) is 0 Å². The van der Waals surface area contributed by atoms with Crippen LogP contribution in [0.1, 0.15) is 26.7 Å². The predicted octanol–water partition coefficient (Wildman–Crippen LogP) is 0.182. The molecule has 1 atom stereocenters. The molecule has 0 saturated carbocycles. The maximum Gasteiger partial charge on any atom is 0.237 e. The number of hydrogen-bond acceptors (Lipinski definition) is 3. The van der Waals surface area contributed by atoms with Crippen molar-refractivity contribution in [3.63, 3.8) is 0 Å². The van der Waals surface area contributed by atoms with Gasteiger partial charge in [-0.25, -0.2) is 0 Å². The molecule has 0 spiro atoms. The van der Waals surface area contributed by atoms with E-state index >= 15 is 0 Å². The summed E-state index contributed by atoms with van der Waals surface area (Å²) in [5.41, 5.74) is 4.81. The standard InChI is InChI=1S/C10H23N3O/c1-5-6-10(2,9(11)14)12-7-8-13(3)4/h12H,5-8H2,1-4H3,(H2,11,14). The van der Waals surface area contributed by atoms with Crippen molar-refractivity contribution in [2.75, 3.05) is 27.2 Å². The van der Waals surface area contributed by atoms with Crippen molar-refractivity contribution in [2.24, 2.45) is 5.73 Å². The van der Waals surface area contributed by atoms with Crippen molar-refractivity contribution in [3.05, 3.63) is 0 Å². The number of likely N-dealkylation sites (N-methyl/N-ethyl adjacent to an activating group) is 1. The highest BCUT2D eigenvalue weighted by molar-refractivity contribution is 5.84. The van der Waals surface area contributed by atoms with Crippen molar-refractivity contribution >= 4 is 5.91 Å². The molecule has 0 aliphatic carbocycles. The van der Waals surface area contributed by atoms with Gasteiger partial charge in [0.15, 0.2) is 0 Å². The van der Waals surface area contributed by atoms with Gasteiger partial charge in [-0.1, -0.05) is 13.3 Å². The van der Waals surface area contributed by atoms with Crippen LogP contribution in [-0.2, 0) is 4.79 Å². The molecule has 3 N–H and O–H groups in total. The third kappa shape index (κ3) is 4.58. The van der Waals surface area contributed by atoms with E-state index in [-0.39, 0.29) is 5.91 Å². The van der Waals surface area contributed by atoms with E-state index in [4.69, 9.17) is 5.73 Å². The van der Waals surface area contributed by atoms with Crippen LogP contribution >= 0.6 is 0 Å². The Labute approximate surface area is 86.8 Å². The minimum atomic E-state index is -0.551. The van der Waals surface area contributed by atoms with Crippen LogP contribution in [0.5, 0.6) is 0 Å². The molecule has 4 nitrogen and oxygen atoms in total. The number of carbonyl (C=O) groups is 1. The molecule has 0 aromatic carbocycles. The van der Waals surface area contributed by atoms with Gasteiger partial charge in [0.1, 0.15) is 0 Å². The number of carbonyl (C=O) groups excluding carboxylic acids is 1. The number of nitrogens with two attached hydrogens (primary N) is 1. The van der Waals surface area contributed by atoms with Crippen molar-refractivity contribution < 1.29 is 4.79 Å². The molecule has 84 valence electrons. The third-order valence-electron chi connectivity index (χ3n) is 2.37. The summed E-state index contributed by atoms with van der Waals surface area (Å²) >= 11 is 0. The third-order valence-corrected chi connectivity index (χ3v) is 2.37. The van der Waals surface area contributed by atoms with Crippen LogP contribution in [0.4, 0.5) is 0 Å². The summed E-state index contributed by atoms with van der Waals surface area (Å²) < 4.78 is 0. The smallest absolute Gasteiger partial charge is 0.237 e.